The highest BCUT2D eigenvalue weighted by Crippen LogP contribution is 2.16. The fourth-order valence-corrected chi connectivity index (χ4v) is 2.40. The third kappa shape index (κ3) is 3.82. The lowest BCUT2D eigenvalue weighted by Crippen LogP contribution is -2.48. The molecule has 3 atom stereocenters. The molecule has 0 aliphatic carbocycles. The van der Waals surface area contributed by atoms with Crippen LogP contribution in [0.15, 0.2) is 24.5 Å². The SMILES string of the molecule is CN(C[C@@H]1COC[C@@H](O)[C@H]1O)C(=O)CCn1cccc1. The molecule has 0 spiro atoms. The Morgan fingerprint density at radius 3 is 2.75 bits per heavy atom. The summed E-state index contributed by atoms with van der Waals surface area (Å²) in [5.74, 6) is -0.217. The standard InChI is InChI=1S/C14H22N2O4/c1-15(8-11-9-20-10-12(17)14(11)19)13(18)4-7-16-5-2-3-6-16/h2-3,5-6,11-12,14,17,19H,4,7-10H2,1H3/t11-,12-,14+/m1/s1. The van der Waals surface area contributed by atoms with Gasteiger partial charge in [-0.2, -0.15) is 0 Å². The fraction of sp³-hybridized carbons (Fsp3) is 0.643. The van der Waals surface area contributed by atoms with E-state index in [2.05, 4.69) is 0 Å². The lowest BCUT2D eigenvalue weighted by atomic mass is 9.96. The van der Waals surface area contributed by atoms with Crippen LogP contribution in [0.3, 0.4) is 0 Å². The summed E-state index contributed by atoms with van der Waals surface area (Å²) in [7, 11) is 1.71. The number of aromatic nitrogens is 1. The highest BCUT2D eigenvalue weighted by molar-refractivity contribution is 5.75. The van der Waals surface area contributed by atoms with Crippen LogP contribution in [0.2, 0.25) is 0 Å². The normalized spacial score (nSPS) is 26.4. The molecule has 1 amide bonds. The quantitative estimate of drug-likeness (QED) is 0.778. The summed E-state index contributed by atoms with van der Waals surface area (Å²) >= 11 is 0. The van der Waals surface area contributed by atoms with Crippen LogP contribution in [0.4, 0.5) is 0 Å². The average molecular weight is 282 g/mol. The van der Waals surface area contributed by atoms with Crippen molar-refractivity contribution in [2.75, 3.05) is 26.8 Å². The lowest BCUT2D eigenvalue weighted by Gasteiger charge is -2.34. The maximum absolute atomic E-state index is 12.0. The van der Waals surface area contributed by atoms with E-state index in [1.165, 1.54) is 0 Å². The molecule has 0 radical (unpaired) electrons. The Morgan fingerprint density at radius 1 is 1.35 bits per heavy atom. The van der Waals surface area contributed by atoms with Crippen molar-refractivity contribution >= 4 is 5.91 Å². The van der Waals surface area contributed by atoms with Crippen molar-refractivity contribution < 1.29 is 19.7 Å². The number of ether oxygens (including phenoxy) is 1. The first-order chi connectivity index (χ1) is 9.58. The zero-order valence-electron chi connectivity index (χ0n) is 11.7. The van der Waals surface area contributed by atoms with Gasteiger partial charge in [-0.15, -0.1) is 0 Å². The molecule has 0 saturated carbocycles. The Bertz CT molecular complexity index is 421. The van der Waals surface area contributed by atoms with E-state index in [1.54, 1.807) is 11.9 Å². The van der Waals surface area contributed by atoms with Gasteiger partial charge < -0.3 is 24.4 Å². The Hall–Kier alpha value is -1.37. The molecule has 0 aromatic carbocycles. The Morgan fingerprint density at radius 2 is 2.05 bits per heavy atom. The summed E-state index contributed by atoms with van der Waals surface area (Å²) in [6.07, 6.45) is 2.56. The van der Waals surface area contributed by atoms with Crippen LogP contribution in [0.25, 0.3) is 0 Å². The molecule has 1 saturated heterocycles. The van der Waals surface area contributed by atoms with Gasteiger partial charge in [-0.05, 0) is 12.1 Å². The number of carbonyl (C=O) groups is 1. The molecule has 6 heteroatoms. The van der Waals surface area contributed by atoms with Crippen LogP contribution in [0.5, 0.6) is 0 Å². The molecular weight excluding hydrogens is 260 g/mol. The number of rotatable bonds is 5. The summed E-state index contributed by atoms with van der Waals surface area (Å²) in [4.78, 5) is 13.6. The van der Waals surface area contributed by atoms with Gasteiger partial charge in [0.1, 0.15) is 6.10 Å². The van der Waals surface area contributed by atoms with Crippen LogP contribution in [-0.4, -0.2) is 64.6 Å². The van der Waals surface area contributed by atoms with Crippen LogP contribution in [0, 0.1) is 5.92 Å². The van der Waals surface area contributed by atoms with Crippen molar-refractivity contribution in [2.45, 2.75) is 25.2 Å². The summed E-state index contributed by atoms with van der Waals surface area (Å²) < 4.78 is 7.16. The van der Waals surface area contributed by atoms with Gasteiger partial charge in [-0.1, -0.05) is 0 Å². The van der Waals surface area contributed by atoms with Crippen LogP contribution >= 0.6 is 0 Å². The second-order valence-electron chi connectivity index (χ2n) is 5.30. The smallest absolute Gasteiger partial charge is 0.224 e. The Balaban J connectivity index is 1.78. The maximum atomic E-state index is 12.0. The number of aliphatic hydroxyl groups excluding tert-OH is 2. The summed E-state index contributed by atoms with van der Waals surface area (Å²) in [6, 6.07) is 3.84. The molecule has 2 N–H and O–H groups in total. The number of aliphatic hydroxyl groups is 2. The summed E-state index contributed by atoms with van der Waals surface area (Å²) in [6.45, 7) is 1.56. The number of aryl methyl sites for hydroxylation is 1. The molecule has 0 unspecified atom stereocenters. The Kier molecular flexibility index (Phi) is 5.17. The van der Waals surface area contributed by atoms with Crippen molar-refractivity contribution in [1.82, 2.24) is 9.47 Å². The number of hydrogen-bond acceptors (Lipinski definition) is 4. The van der Waals surface area contributed by atoms with Gasteiger partial charge in [0.05, 0.1) is 19.3 Å². The zero-order chi connectivity index (χ0) is 14.5. The molecule has 0 bridgehead atoms. The predicted molar refractivity (Wildman–Crippen MR) is 73.0 cm³/mol. The molecule has 6 nitrogen and oxygen atoms in total. The molecule has 112 valence electrons. The van der Waals surface area contributed by atoms with Gasteiger partial charge in [0.25, 0.3) is 0 Å². The largest absolute Gasteiger partial charge is 0.390 e. The van der Waals surface area contributed by atoms with Gasteiger partial charge in [0, 0.05) is 44.9 Å². The highest BCUT2D eigenvalue weighted by atomic mass is 16.5. The number of carbonyl (C=O) groups excluding carboxylic acids is 1. The van der Waals surface area contributed by atoms with Crippen molar-refractivity contribution in [3.63, 3.8) is 0 Å². The zero-order valence-corrected chi connectivity index (χ0v) is 11.7. The van der Waals surface area contributed by atoms with Crippen molar-refractivity contribution in [3.8, 4) is 0 Å². The average Bonchev–Trinajstić information content (AvgIpc) is 2.94. The fourth-order valence-electron chi connectivity index (χ4n) is 2.40. The van der Waals surface area contributed by atoms with Crippen molar-refractivity contribution in [1.29, 1.82) is 0 Å². The molecule has 2 heterocycles. The van der Waals surface area contributed by atoms with Crippen LogP contribution in [0.1, 0.15) is 6.42 Å². The van der Waals surface area contributed by atoms with Crippen molar-refractivity contribution in [2.24, 2.45) is 5.92 Å². The van der Waals surface area contributed by atoms with E-state index in [9.17, 15) is 15.0 Å². The minimum atomic E-state index is -0.864. The molecule has 1 aliphatic rings. The minimum absolute atomic E-state index is 0.0194. The van der Waals surface area contributed by atoms with Gasteiger partial charge in [-0.25, -0.2) is 0 Å². The van der Waals surface area contributed by atoms with E-state index in [1.807, 2.05) is 29.1 Å². The molecule has 1 aliphatic heterocycles. The summed E-state index contributed by atoms with van der Waals surface area (Å²) in [5, 5.41) is 19.4. The van der Waals surface area contributed by atoms with Gasteiger partial charge in [0.15, 0.2) is 0 Å². The molecule has 1 fully saturated rings. The monoisotopic (exact) mass is 282 g/mol. The molecule has 1 aromatic rings. The number of amides is 1. The van der Waals surface area contributed by atoms with Crippen molar-refractivity contribution in [3.05, 3.63) is 24.5 Å². The van der Waals surface area contributed by atoms with Crippen LogP contribution in [-0.2, 0) is 16.1 Å². The maximum Gasteiger partial charge on any atom is 0.224 e. The lowest BCUT2D eigenvalue weighted by molar-refractivity contribution is -0.140. The first-order valence-electron chi connectivity index (χ1n) is 6.86. The first kappa shape index (κ1) is 15.0. The van der Waals surface area contributed by atoms with Crippen LogP contribution < -0.4 is 0 Å². The number of hydrogen-bond donors (Lipinski definition) is 2. The minimum Gasteiger partial charge on any atom is -0.390 e. The first-order valence-corrected chi connectivity index (χ1v) is 6.86. The predicted octanol–water partition coefficient (Wildman–Crippen LogP) is -0.295. The van der Waals surface area contributed by atoms with E-state index in [0.29, 0.717) is 26.1 Å². The summed E-state index contributed by atoms with van der Waals surface area (Å²) in [5.41, 5.74) is 0. The second kappa shape index (κ2) is 6.88. The third-order valence-electron chi connectivity index (χ3n) is 3.68. The van der Waals surface area contributed by atoms with E-state index in [-0.39, 0.29) is 18.4 Å². The Labute approximate surface area is 118 Å². The van der Waals surface area contributed by atoms with Gasteiger partial charge in [0.2, 0.25) is 5.91 Å². The molecule has 1 aromatic heterocycles. The molecular formula is C14H22N2O4. The van der Waals surface area contributed by atoms with E-state index >= 15 is 0 Å². The topological polar surface area (TPSA) is 74.9 Å². The molecule has 20 heavy (non-hydrogen) atoms. The van der Waals surface area contributed by atoms with Gasteiger partial charge in [-0.3, -0.25) is 4.79 Å². The van der Waals surface area contributed by atoms with E-state index in [4.69, 9.17) is 4.74 Å². The molecule has 2 rings (SSSR count). The van der Waals surface area contributed by atoms with E-state index in [0.717, 1.165) is 0 Å². The number of nitrogens with zero attached hydrogens (tertiary/aromatic N) is 2. The van der Waals surface area contributed by atoms with Gasteiger partial charge >= 0.3 is 0 Å². The highest BCUT2D eigenvalue weighted by Gasteiger charge is 2.32. The third-order valence-corrected chi connectivity index (χ3v) is 3.68. The second-order valence-corrected chi connectivity index (χ2v) is 5.30. The van der Waals surface area contributed by atoms with E-state index < -0.39 is 12.2 Å².